The van der Waals surface area contributed by atoms with E-state index in [1.54, 1.807) is 0 Å². The molecule has 0 fully saturated rings. The molecule has 1 aromatic rings. The Morgan fingerprint density at radius 1 is 1.50 bits per heavy atom. The van der Waals surface area contributed by atoms with Crippen molar-refractivity contribution >= 4 is 11.1 Å². The molecule has 7 heteroatoms. The summed E-state index contributed by atoms with van der Waals surface area (Å²) in [5, 5.41) is -0.363. The fraction of sp³-hybridized carbons (Fsp3) is 0.286. The Morgan fingerprint density at radius 3 is 2.43 bits per heavy atom. The smallest absolute Gasteiger partial charge is 0.417 e. The third-order valence-corrected chi connectivity index (χ3v) is 2.26. The van der Waals surface area contributed by atoms with Crippen LogP contribution in [-0.2, 0) is 17.3 Å². The predicted molar refractivity (Wildman–Crippen MR) is 41.2 cm³/mol. The van der Waals surface area contributed by atoms with Crippen molar-refractivity contribution in [2.24, 2.45) is 0 Å². The number of aromatic nitrogens is 1. The van der Waals surface area contributed by atoms with Gasteiger partial charge in [-0.15, -0.1) is 0 Å². The van der Waals surface area contributed by atoms with Gasteiger partial charge in [0.25, 0.3) is 0 Å². The third-order valence-electron chi connectivity index (χ3n) is 1.52. The molecule has 1 unspecified atom stereocenters. The van der Waals surface area contributed by atoms with Crippen LogP contribution >= 0.6 is 0 Å². The van der Waals surface area contributed by atoms with Crippen molar-refractivity contribution in [1.29, 1.82) is 0 Å². The van der Waals surface area contributed by atoms with E-state index in [4.69, 9.17) is 0 Å². The molecular formula is C7H5F3NO2S-. The van der Waals surface area contributed by atoms with E-state index in [2.05, 4.69) is 4.98 Å². The maximum Gasteiger partial charge on any atom is 0.417 e. The Labute approximate surface area is 80.3 Å². The highest BCUT2D eigenvalue weighted by Gasteiger charge is 2.31. The summed E-state index contributed by atoms with van der Waals surface area (Å²) in [7, 11) is 0. The van der Waals surface area contributed by atoms with Crippen LogP contribution < -0.4 is 0 Å². The first-order valence-corrected chi connectivity index (χ1v) is 4.53. The monoisotopic (exact) mass is 224 g/mol. The molecule has 0 bridgehead atoms. The molecule has 0 saturated carbocycles. The van der Waals surface area contributed by atoms with Gasteiger partial charge < -0.3 is 4.55 Å². The Bertz CT molecular complexity index is 378. The number of nitrogens with zero attached hydrogens (tertiary/aromatic N) is 1. The van der Waals surface area contributed by atoms with Crippen LogP contribution in [0.3, 0.4) is 0 Å². The number of hydrogen-bond donors (Lipinski definition) is 0. The predicted octanol–water partition coefficient (Wildman–Crippen LogP) is 1.65. The molecule has 0 amide bonds. The zero-order chi connectivity index (χ0) is 10.9. The lowest BCUT2D eigenvalue weighted by Gasteiger charge is -2.11. The summed E-state index contributed by atoms with van der Waals surface area (Å²) in [4.78, 5) is 3.21. The summed E-state index contributed by atoms with van der Waals surface area (Å²) in [5.41, 5.74) is -0.975. The first-order chi connectivity index (χ1) is 6.32. The van der Waals surface area contributed by atoms with Crippen molar-refractivity contribution in [3.8, 4) is 0 Å². The van der Waals surface area contributed by atoms with E-state index >= 15 is 0 Å². The first kappa shape index (κ1) is 11.1. The molecule has 1 rings (SSSR count). The SMILES string of the molecule is Cc1cc(C(F)(F)F)cnc1S(=O)[O-]. The van der Waals surface area contributed by atoms with Crippen molar-refractivity contribution in [1.82, 2.24) is 4.98 Å². The van der Waals surface area contributed by atoms with Crippen LogP contribution in [0.1, 0.15) is 11.1 Å². The highest BCUT2D eigenvalue weighted by atomic mass is 32.2. The number of halogens is 3. The number of pyridine rings is 1. The molecule has 0 aromatic carbocycles. The Hall–Kier alpha value is -0.950. The van der Waals surface area contributed by atoms with Gasteiger partial charge in [0.1, 0.15) is 5.03 Å². The topological polar surface area (TPSA) is 53.0 Å². The van der Waals surface area contributed by atoms with Crippen LogP contribution in [0.2, 0.25) is 0 Å². The summed E-state index contributed by atoms with van der Waals surface area (Å²) in [6.45, 7) is 1.26. The van der Waals surface area contributed by atoms with Crippen LogP contribution in [0, 0.1) is 6.92 Å². The summed E-state index contributed by atoms with van der Waals surface area (Å²) < 4.78 is 57.2. The number of aryl methyl sites for hydroxylation is 1. The van der Waals surface area contributed by atoms with E-state index in [-0.39, 0.29) is 10.6 Å². The van der Waals surface area contributed by atoms with E-state index < -0.39 is 22.8 Å². The molecule has 3 nitrogen and oxygen atoms in total. The molecule has 0 aliphatic carbocycles. The quantitative estimate of drug-likeness (QED) is 0.681. The van der Waals surface area contributed by atoms with E-state index in [1.807, 2.05) is 0 Å². The van der Waals surface area contributed by atoms with Gasteiger partial charge in [0.2, 0.25) is 0 Å². The summed E-state index contributed by atoms with van der Waals surface area (Å²) in [6.07, 6.45) is -4.00. The van der Waals surface area contributed by atoms with Crippen molar-refractivity contribution in [3.63, 3.8) is 0 Å². The largest absolute Gasteiger partial charge is 0.767 e. The molecule has 1 heterocycles. The lowest BCUT2D eigenvalue weighted by atomic mass is 10.2. The average Bonchev–Trinajstić information content (AvgIpc) is 2.01. The molecule has 0 spiro atoms. The summed E-state index contributed by atoms with van der Waals surface area (Å²) in [6, 6.07) is 0.748. The van der Waals surface area contributed by atoms with Crippen molar-refractivity contribution in [2.45, 2.75) is 18.1 Å². The van der Waals surface area contributed by atoms with Crippen molar-refractivity contribution in [2.75, 3.05) is 0 Å². The van der Waals surface area contributed by atoms with Crippen molar-refractivity contribution in [3.05, 3.63) is 23.4 Å². The van der Waals surface area contributed by atoms with Crippen LogP contribution in [0.5, 0.6) is 0 Å². The average molecular weight is 224 g/mol. The molecule has 0 aliphatic heterocycles. The fourth-order valence-electron chi connectivity index (χ4n) is 0.892. The third kappa shape index (κ3) is 2.30. The van der Waals surface area contributed by atoms with Crippen LogP contribution in [0.15, 0.2) is 17.3 Å². The highest BCUT2D eigenvalue weighted by molar-refractivity contribution is 7.79. The number of rotatable bonds is 1. The maximum atomic E-state index is 12.1. The Balaban J connectivity index is 3.20. The normalized spacial score (nSPS) is 14.1. The maximum absolute atomic E-state index is 12.1. The molecule has 1 atom stereocenters. The summed E-state index contributed by atoms with van der Waals surface area (Å²) in [5.74, 6) is 0. The van der Waals surface area contributed by atoms with E-state index in [9.17, 15) is 21.9 Å². The second-order valence-electron chi connectivity index (χ2n) is 2.58. The Kier molecular flexibility index (Phi) is 2.91. The van der Waals surface area contributed by atoms with E-state index in [0.29, 0.717) is 6.20 Å². The van der Waals surface area contributed by atoms with E-state index in [1.165, 1.54) is 6.92 Å². The van der Waals surface area contributed by atoms with Gasteiger partial charge in [-0.25, -0.2) is 4.98 Å². The van der Waals surface area contributed by atoms with Gasteiger partial charge >= 0.3 is 6.18 Å². The fourth-order valence-corrected chi connectivity index (χ4v) is 1.35. The second-order valence-corrected chi connectivity index (χ2v) is 3.43. The standard InChI is InChI=1S/C7H6F3NO2S/c1-4-2-5(7(8,9)10)3-11-6(4)14(12)13/h2-3H,1H3,(H,12,13)/p-1. The van der Waals surface area contributed by atoms with Gasteiger partial charge in [-0.05, 0) is 29.6 Å². The molecule has 0 radical (unpaired) electrons. The highest BCUT2D eigenvalue weighted by Crippen LogP contribution is 2.29. The first-order valence-electron chi connectivity index (χ1n) is 3.45. The molecule has 0 N–H and O–H groups in total. The summed E-state index contributed by atoms with van der Waals surface area (Å²) >= 11 is -2.60. The lowest BCUT2D eigenvalue weighted by molar-refractivity contribution is -0.137. The van der Waals surface area contributed by atoms with Gasteiger partial charge in [0.15, 0.2) is 0 Å². The van der Waals surface area contributed by atoms with E-state index in [0.717, 1.165) is 6.07 Å². The minimum Gasteiger partial charge on any atom is -0.767 e. The van der Waals surface area contributed by atoms with Crippen LogP contribution in [0.4, 0.5) is 13.2 Å². The lowest BCUT2D eigenvalue weighted by Crippen LogP contribution is -2.08. The second kappa shape index (κ2) is 3.66. The zero-order valence-corrected chi connectivity index (χ0v) is 7.78. The molecular weight excluding hydrogens is 219 g/mol. The number of alkyl halides is 3. The molecule has 14 heavy (non-hydrogen) atoms. The molecule has 0 aliphatic rings. The van der Waals surface area contributed by atoms with Gasteiger partial charge in [0.05, 0.1) is 5.56 Å². The Morgan fingerprint density at radius 2 is 2.07 bits per heavy atom. The zero-order valence-electron chi connectivity index (χ0n) is 6.96. The van der Waals surface area contributed by atoms with Gasteiger partial charge in [-0.2, -0.15) is 13.2 Å². The molecule has 0 saturated heterocycles. The van der Waals surface area contributed by atoms with Crippen molar-refractivity contribution < 1.29 is 21.9 Å². The minimum atomic E-state index is -4.50. The number of hydrogen-bond acceptors (Lipinski definition) is 3. The molecule has 1 aromatic heterocycles. The van der Waals surface area contributed by atoms with Crippen LogP contribution in [0.25, 0.3) is 0 Å². The van der Waals surface area contributed by atoms with Gasteiger partial charge in [-0.3, -0.25) is 4.21 Å². The molecule has 78 valence electrons. The minimum absolute atomic E-state index is 0.0202. The van der Waals surface area contributed by atoms with Crippen LogP contribution in [-0.4, -0.2) is 13.7 Å². The van der Waals surface area contributed by atoms with Gasteiger partial charge in [0, 0.05) is 6.20 Å². The van der Waals surface area contributed by atoms with Gasteiger partial charge in [-0.1, -0.05) is 0 Å².